The van der Waals surface area contributed by atoms with Gasteiger partial charge in [-0.2, -0.15) is 0 Å². The van der Waals surface area contributed by atoms with Crippen LogP contribution >= 0.6 is 0 Å². The molecule has 1 aromatic carbocycles. The number of pyridine rings is 1. The second-order valence-electron chi connectivity index (χ2n) is 9.94. The van der Waals surface area contributed by atoms with E-state index in [1.54, 1.807) is 0 Å². The molecule has 0 saturated heterocycles. The predicted octanol–water partition coefficient (Wildman–Crippen LogP) is 5.18. The molecule has 2 saturated carbocycles. The van der Waals surface area contributed by atoms with Crippen molar-refractivity contribution in [3.05, 3.63) is 47.2 Å². The minimum Gasteiger partial charge on any atom is -0.394 e. The van der Waals surface area contributed by atoms with E-state index in [0.29, 0.717) is 17.5 Å². The van der Waals surface area contributed by atoms with Gasteiger partial charge in [-0.1, -0.05) is 25.3 Å². The number of carbonyl (C=O) groups excluding carboxylic acids is 1. The lowest BCUT2D eigenvalue weighted by molar-refractivity contribution is 0.0951. The number of amides is 1. The number of hydrogen-bond donors (Lipinski definition) is 3. The lowest BCUT2D eigenvalue weighted by atomic mass is 9.83. The van der Waals surface area contributed by atoms with E-state index in [9.17, 15) is 9.90 Å². The van der Waals surface area contributed by atoms with Crippen molar-refractivity contribution in [1.82, 2.24) is 10.3 Å². The Labute approximate surface area is 185 Å². The summed E-state index contributed by atoms with van der Waals surface area (Å²) < 4.78 is 0. The molecule has 1 heterocycles. The largest absolute Gasteiger partial charge is 0.394 e. The SMILES string of the molecule is Cc1ccc(C(=O)NC2CC2)cc1-c1cnc(NC(C)(C)CO)c(C2CCCCC2)c1. The van der Waals surface area contributed by atoms with Crippen LogP contribution < -0.4 is 10.6 Å². The van der Waals surface area contributed by atoms with Gasteiger partial charge in [0.05, 0.1) is 12.1 Å². The molecule has 5 heteroatoms. The molecule has 3 N–H and O–H groups in total. The number of carbonyl (C=O) groups is 1. The summed E-state index contributed by atoms with van der Waals surface area (Å²) in [4.78, 5) is 17.4. The molecule has 1 amide bonds. The Kier molecular flexibility index (Phi) is 6.33. The van der Waals surface area contributed by atoms with Crippen LogP contribution in [0.5, 0.6) is 0 Å². The Morgan fingerprint density at radius 3 is 2.55 bits per heavy atom. The van der Waals surface area contributed by atoms with Crippen molar-refractivity contribution in [2.75, 3.05) is 11.9 Å². The maximum Gasteiger partial charge on any atom is 0.251 e. The Bertz CT molecular complexity index is 944. The van der Waals surface area contributed by atoms with Crippen molar-refractivity contribution in [3.63, 3.8) is 0 Å². The molecule has 2 fully saturated rings. The fourth-order valence-electron chi connectivity index (χ4n) is 4.39. The molecule has 4 rings (SSSR count). The Morgan fingerprint density at radius 2 is 1.87 bits per heavy atom. The van der Waals surface area contributed by atoms with Crippen LogP contribution in [0.2, 0.25) is 0 Å². The fourth-order valence-corrected chi connectivity index (χ4v) is 4.39. The number of rotatable bonds is 7. The first-order valence-electron chi connectivity index (χ1n) is 11.7. The van der Waals surface area contributed by atoms with E-state index in [1.807, 2.05) is 38.2 Å². The van der Waals surface area contributed by atoms with E-state index < -0.39 is 5.54 Å². The summed E-state index contributed by atoms with van der Waals surface area (Å²) in [5.41, 5.74) is 4.74. The summed E-state index contributed by atoms with van der Waals surface area (Å²) in [5.74, 6) is 1.35. The second-order valence-corrected chi connectivity index (χ2v) is 9.94. The van der Waals surface area contributed by atoms with Gasteiger partial charge in [0.25, 0.3) is 5.91 Å². The van der Waals surface area contributed by atoms with Gasteiger partial charge in [0.1, 0.15) is 5.82 Å². The van der Waals surface area contributed by atoms with Gasteiger partial charge in [-0.05, 0) is 87.3 Å². The van der Waals surface area contributed by atoms with Crippen LogP contribution in [0.25, 0.3) is 11.1 Å². The molecule has 1 aromatic heterocycles. The van der Waals surface area contributed by atoms with Crippen LogP contribution in [0.3, 0.4) is 0 Å². The molecule has 0 aliphatic heterocycles. The van der Waals surface area contributed by atoms with Crippen molar-refractivity contribution < 1.29 is 9.90 Å². The van der Waals surface area contributed by atoms with Gasteiger partial charge >= 0.3 is 0 Å². The molecular weight excluding hydrogens is 386 g/mol. The quantitative estimate of drug-likeness (QED) is 0.576. The van der Waals surface area contributed by atoms with Crippen molar-refractivity contribution in [1.29, 1.82) is 0 Å². The summed E-state index contributed by atoms with van der Waals surface area (Å²) >= 11 is 0. The topological polar surface area (TPSA) is 74.2 Å². The van der Waals surface area contributed by atoms with Gasteiger partial charge in [-0.25, -0.2) is 4.98 Å². The minimum atomic E-state index is -0.436. The highest BCUT2D eigenvalue weighted by atomic mass is 16.3. The first-order chi connectivity index (χ1) is 14.9. The smallest absolute Gasteiger partial charge is 0.251 e. The van der Waals surface area contributed by atoms with Crippen molar-refractivity contribution in [2.45, 2.75) is 83.2 Å². The van der Waals surface area contributed by atoms with E-state index in [2.05, 4.69) is 23.6 Å². The number of aliphatic hydroxyl groups is 1. The number of aromatic nitrogens is 1. The van der Waals surface area contributed by atoms with Crippen LogP contribution in [0.15, 0.2) is 30.5 Å². The van der Waals surface area contributed by atoms with Crippen LogP contribution in [-0.4, -0.2) is 34.2 Å². The molecule has 2 aromatic rings. The maximum atomic E-state index is 12.6. The number of benzene rings is 1. The summed E-state index contributed by atoms with van der Waals surface area (Å²) in [6, 6.07) is 8.53. The Balaban J connectivity index is 1.70. The number of aliphatic hydroxyl groups excluding tert-OH is 1. The third-order valence-electron chi connectivity index (χ3n) is 6.54. The van der Waals surface area contributed by atoms with Gasteiger partial charge in [0.2, 0.25) is 0 Å². The number of nitrogens with one attached hydrogen (secondary N) is 2. The van der Waals surface area contributed by atoms with Gasteiger partial charge in [0.15, 0.2) is 0 Å². The highest BCUT2D eigenvalue weighted by molar-refractivity contribution is 5.96. The van der Waals surface area contributed by atoms with E-state index in [1.165, 1.54) is 37.7 Å². The maximum absolute atomic E-state index is 12.6. The zero-order chi connectivity index (χ0) is 22.0. The molecule has 5 nitrogen and oxygen atoms in total. The van der Waals surface area contributed by atoms with Crippen LogP contribution in [-0.2, 0) is 0 Å². The molecule has 0 atom stereocenters. The van der Waals surface area contributed by atoms with E-state index >= 15 is 0 Å². The van der Waals surface area contributed by atoms with Crippen molar-refractivity contribution >= 4 is 11.7 Å². The van der Waals surface area contributed by atoms with Gasteiger partial charge in [-0.15, -0.1) is 0 Å². The molecule has 0 unspecified atom stereocenters. The van der Waals surface area contributed by atoms with Gasteiger partial charge in [-0.3, -0.25) is 4.79 Å². The first-order valence-corrected chi connectivity index (χ1v) is 11.7. The Hall–Kier alpha value is -2.40. The summed E-state index contributed by atoms with van der Waals surface area (Å²) in [5, 5.41) is 16.3. The summed E-state index contributed by atoms with van der Waals surface area (Å²) in [6.45, 7) is 6.09. The highest BCUT2D eigenvalue weighted by Gasteiger charge is 2.26. The number of hydrogen-bond acceptors (Lipinski definition) is 4. The third kappa shape index (κ3) is 5.27. The first kappa shape index (κ1) is 21.8. The van der Waals surface area contributed by atoms with E-state index in [0.717, 1.165) is 35.3 Å². The standard InChI is InChI=1S/C26H35N3O2/c1-17-9-10-19(25(31)28-21-11-12-21)13-22(17)20-14-23(18-7-5-4-6-8-18)24(27-15-20)29-26(2,3)16-30/h9-10,13-15,18,21,30H,4-8,11-12,16H2,1-3H3,(H,27,29)(H,28,31). The zero-order valence-electron chi connectivity index (χ0n) is 19.0. The fraction of sp³-hybridized carbons (Fsp3) is 0.538. The second kappa shape index (κ2) is 8.99. The average molecular weight is 422 g/mol. The molecule has 31 heavy (non-hydrogen) atoms. The lowest BCUT2D eigenvalue weighted by Gasteiger charge is -2.29. The van der Waals surface area contributed by atoms with Crippen LogP contribution in [0.4, 0.5) is 5.82 Å². The van der Waals surface area contributed by atoms with Crippen LogP contribution in [0, 0.1) is 6.92 Å². The number of aryl methyl sites for hydroxylation is 1. The number of nitrogens with zero attached hydrogens (tertiary/aromatic N) is 1. The molecule has 166 valence electrons. The predicted molar refractivity (Wildman–Crippen MR) is 126 cm³/mol. The van der Waals surface area contributed by atoms with Gasteiger partial charge < -0.3 is 15.7 Å². The van der Waals surface area contributed by atoms with Crippen molar-refractivity contribution in [3.8, 4) is 11.1 Å². The van der Waals surface area contributed by atoms with Crippen molar-refractivity contribution in [2.24, 2.45) is 0 Å². The minimum absolute atomic E-state index is 0.00666. The highest BCUT2D eigenvalue weighted by Crippen LogP contribution is 2.39. The monoisotopic (exact) mass is 421 g/mol. The summed E-state index contributed by atoms with van der Waals surface area (Å²) in [7, 11) is 0. The van der Waals surface area contributed by atoms with Crippen LogP contribution in [0.1, 0.15) is 86.2 Å². The van der Waals surface area contributed by atoms with Gasteiger partial charge in [0, 0.05) is 23.4 Å². The van der Waals surface area contributed by atoms with E-state index in [-0.39, 0.29) is 12.5 Å². The summed E-state index contributed by atoms with van der Waals surface area (Å²) in [6.07, 6.45) is 10.2. The van der Waals surface area contributed by atoms with E-state index in [4.69, 9.17) is 4.98 Å². The molecular formula is C26H35N3O2. The Morgan fingerprint density at radius 1 is 1.13 bits per heavy atom. The molecule has 0 radical (unpaired) electrons. The average Bonchev–Trinajstić information content (AvgIpc) is 3.59. The number of anilines is 1. The molecule has 2 aliphatic rings. The lowest BCUT2D eigenvalue weighted by Crippen LogP contribution is -2.36. The molecule has 2 aliphatic carbocycles. The molecule has 0 bridgehead atoms. The molecule has 0 spiro atoms. The zero-order valence-corrected chi connectivity index (χ0v) is 19.0. The third-order valence-corrected chi connectivity index (χ3v) is 6.54. The normalized spacial score (nSPS) is 17.4.